The van der Waals surface area contributed by atoms with E-state index in [0.29, 0.717) is 25.9 Å². The third-order valence-electron chi connectivity index (χ3n) is 11.6. The highest BCUT2D eigenvalue weighted by molar-refractivity contribution is 7.91. The van der Waals surface area contributed by atoms with Crippen LogP contribution in [0.15, 0.2) is 36.9 Å². The summed E-state index contributed by atoms with van der Waals surface area (Å²) in [7, 11) is -3.91. The predicted octanol–water partition coefficient (Wildman–Crippen LogP) is 3.51. The van der Waals surface area contributed by atoms with Crippen LogP contribution in [0.3, 0.4) is 0 Å². The minimum absolute atomic E-state index is 0.0846. The molecule has 3 aliphatic heterocycles. The third-order valence-corrected chi connectivity index (χ3v) is 13.4. The molecule has 1 aromatic rings. The Bertz CT molecular complexity index is 1860. The van der Waals surface area contributed by atoms with Crippen molar-refractivity contribution < 1.29 is 41.9 Å². The second-order valence-electron chi connectivity index (χ2n) is 16.7. The van der Waals surface area contributed by atoms with E-state index >= 15 is 0 Å². The SMILES string of the molecule is C=C[C@H]1C[C@]1(NC(=O)[C@@H]1C[C@@H]2CN1C(=O)[C@H](C(C)(C)C)NC(=O)OCC1(CC/C=C/c3cccc4c3CN(C4)C(=O)O2)CC1)C(=O)NS(=O)(=O)C1CC1. The first-order valence-electron chi connectivity index (χ1n) is 18.5. The largest absolute Gasteiger partial charge is 0.449 e. The number of rotatable bonds is 6. The Hall–Kier alpha value is -4.40. The smallest absolute Gasteiger partial charge is 0.410 e. The quantitative estimate of drug-likeness (QED) is 0.367. The zero-order valence-corrected chi connectivity index (χ0v) is 31.3. The average molecular weight is 752 g/mol. The van der Waals surface area contributed by atoms with Crippen LogP contribution in [0.4, 0.5) is 9.59 Å². The van der Waals surface area contributed by atoms with Crippen LogP contribution in [0.2, 0.25) is 0 Å². The van der Waals surface area contributed by atoms with Crippen LogP contribution in [-0.2, 0) is 47.0 Å². The van der Waals surface area contributed by atoms with E-state index < -0.39 is 80.2 Å². The Morgan fingerprint density at radius 1 is 1.09 bits per heavy atom. The maximum absolute atomic E-state index is 14.5. The molecule has 0 unspecified atom stereocenters. The van der Waals surface area contributed by atoms with E-state index in [-0.39, 0.29) is 31.4 Å². The summed E-state index contributed by atoms with van der Waals surface area (Å²) in [6.45, 7) is 9.85. The van der Waals surface area contributed by atoms with Crippen molar-refractivity contribution >= 4 is 46.0 Å². The lowest BCUT2D eigenvalue weighted by Crippen LogP contribution is -2.60. The lowest BCUT2D eigenvalue weighted by Gasteiger charge is -2.35. The average Bonchev–Trinajstić information content (AvgIpc) is 4.05. The Balaban J connectivity index is 1.16. The lowest BCUT2D eigenvalue weighted by atomic mass is 9.85. The van der Waals surface area contributed by atoms with Crippen LogP contribution >= 0.6 is 0 Å². The molecule has 3 heterocycles. The highest BCUT2D eigenvalue weighted by Gasteiger charge is 2.62. The van der Waals surface area contributed by atoms with E-state index in [0.717, 1.165) is 42.4 Å². The highest BCUT2D eigenvalue weighted by Crippen LogP contribution is 2.50. The normalized spacial score (nSPS) is 30.4. The molecule has 1 aromatic carbocycles. The Morgan fingerprint density at radius 2 is 1.85 bits per heavy atom. The summed E-state index contributed by atoms with van der Waals surface area (Å²) in [5.74, 6) is -2.70. The zero-order chi connectivity index (χ0) is 37.9. The van der Waals surface area contributed by atoms with Gasteiger partial charge in [0, 0.05) is 24.3 Å². The molecule has 5 atom stereocenters. The fourth-order valence-electron chi connectivity index (χ4n) is 7.78. The second kappa shape index (κ2) is 13.5. The maximum Gasteiger partial charge on any atom is 0.410 e. The highest BCUT2D eigenvalue weighted by atomic mass is 32.2. The lowest BCUT2D eigenvalue weighted by molar-refractivity contribution is -0.143. The molecule has 4 fully saturated rings. The molecular weight excluding hydrogens is 703 g/mol. The van der Waals surface area contributed by atoms with Crippen LogP contribution in [0.1, 0.15) is 88.8 Å². The molecule has 4 bridgehead atoms. The Kier molecular flexibility index (Phi) is 9.39. The second-order valence-corrected chi connectivity index (χ2v) is 18.7. The molecule has 53 heavy (non-hydrogen) atoms. The third kappa shape index (κ3) is 7.54. The van der Waals surface area contributed by atoms with Crippen molar-refractivity contribution in [3.05, 3.63) is 53.6 Å². The minimum atomic E-state index is -3.91. The molecule has 3 N–H and O–H groups in total. The van der Waals surface area contributed by atoms with Crippen LogP contribution in [0.25, 0.3) is 6.08 Å². The van der Waals surface area contributed by atoms with Crippen LogP contribution in [-0.4, -0.2) is 90.3 Å². The summed E-state index contributed by atoms with van der Waals surface area (Å²) in [5, 5.41) is 4.85. The van der Waals surface area contributed by atoms with Gasteiger partial charge in [0.25, 0.3) is 5.91 Å². The minimum Gasteiger partial charge on any atom is -0.449 e. The van der Waals surface area contributed by atoms with Gasteiger partial charge in [0.15, 0.2) is 0 Å². The van der Waals surface area contributed by atoms with Crippen LogP contribution < -0.4 is 15.4 Å². The number of carbonyl (C=O) groups is 5. The molecule has 286 valence electrons. The number of hydrogen-bond acceptors (Lipinski definition) is 9. The number of ether oxygens (including phenoxy) is 2. The van der Waals surface area contributed by atoms with Gasteiger partial charge in [0.05, 0.1) is 24.9 Å². The van der Waals surface area contributed by atoms with E-state index in [1.54, 1.807) is 25.7 Å². The summed E-state index contributed by atoms with van der Waals surface area (Å²) in [4.78, 5) is 71.9. The van der Waals surface area contributed by atoms with Gasteiger partial charge in [-0.05, 0) is 67.1 Å². The fraction of sp³-hybridized carbons (Fsp3) is 0.605. The number of nitrogens with zero attached hydrogens (tertiary/aromatic N) is 2. The number of alkyl carbamates (subject to hydrolysis) is 1. The number of carbonyl (C=O) groups excluding carboxylic acids is 5. The van der Waals surface area contributed by atoms with Gasteiger partial charge in [0.2, 0.25) is 21.8 Å². The molecular formula is C38H49N5O9S. The van der Waals surface area contributed by atoms with Gasteiger partial charge >= 0.3 is 12.2 Å². The van der Waals surface area contributed by atoms with Crippen molar-refractivity contribution in [3.63, 3.8) is 0 Å². The number of sulfonamides is 1. The topological polar surface area (TPSA) is 181 Å². The summed E-state index contributed by atoms with van der Waals surface area (Å²) in [5.41, 5.74) is 0.516. The molecule has 1 spiro atoms. The Labute approximate surface area is 310 Å². The van der Waals surface area contributed by atoms with Gasteiger partial charge in [-0.3, -0.25) is 24.0 Å². The zero-order valence-electron chi connectivity index (χ0n) is 30.5. The summed E-state index contributed by atoms with van der Waals surface area (Å²) < 4.78 is 39.2. The molecule has 3 aliphatic carbocycles. The monoisotopic (exact) mass is 751 g/mol. The van der Waals surface area contributed by atoms with Crippen molar-refractivity contribution in [2.75, 3.05) is 13.2 Å². The number of nitrogens with one attached hydrogen (secondary N) is 3. The van der Waals surface area contributed by atoms with Crippen molar-refractivity contribution in [2.45, 2.75) is 114 Å². The Morgan fingerprint density at radius 3 is 2.51 bits per heavy atom. The molecule has 5 amide bonds. The van der Waals surface area contributed by atoms with Crippen LogP contribution in [0, 0.1) is 16.7 Å². The standard InChI is InChI=1S/C38H49N5O9S/c1-5-25-18-38(25,33(46)41-53(49,50)27-12-13-27)40-31(44)29-17-26-20-43(29)32(45)30(36(2,3)4)39-34(47)51-22-37(15-16-37)14-7-6-9-23-10-8-11-24-19-42(21-28(23)24)35(48)52-26/h5-6,8-11,25-27,29-30H,1,7,12-22H2,2-4H3,(H,39,47)(H,40,44)(H,41,46)/b9-6+/t25-,26+,29-,30+,38+/m0/s1. The number of cyclic esters (lactones) is 1. The van der Waals surface area contributed by atoms with Gasteiger partial charge in [-0.15, -0.1) is 6.58 Å². The van der Waals surface area contributed by atoms with Crippen molar-refractivity contribution in [2.24, 2.45) is 16.7 Å². The van der Waals surface area contributed by atoms with Gasteiger partial charge < -0.3 is 25.0 Å². The molecule has 14 nitrogen and oxygen atoms in total. The number of amides is 5. The molecule has 15 heteroatoms. The van der Waals surface area contributed by atoms with Gasteiger partial charge in [-0.1, -0.05) is 57.2 Å². The molecule has 6 aliphatic rings. The first-order valence-corrected chi connectivity index (χ1v) is 20.1. The van der Waals surface area contributed by atoms with Gasteiger partial charge in [-0.2, -0.15) is 0 Å². The number of hydrogen-bond donors (Lipinski definition) is 3. The van der Waals surface area contributed by atoms with E-state index in [9.17, 15) is 32.4 Å². The fourth-order valence-corrected chi connectivity index (χ4v) is 9.14. The first-order chi connectivity index (χ1) is 25.0. The summed E-state index contributed by atoms with van der Waals surface area (Å²) >= 11 is 0. The summed E-state index contributed by atoms with van der Waals surface area (Å²) in [6, 6.07) is 3.61. The van der Waals surface area contributed by atoms with Crippen LogP contribution in [0.5, 0.6) is 0 Å². The molecule has 3 saturated carbocycles. The predicted molar refractivity (Wildman–Crippen MR) is 193 cm³/mol. The number of benzene rings is 1. The first kappa shape index (κ1) is 36.9. The van der Waals surface area contributed by atoms with Crippen molar-refractivity contribution in [3.8, 4) is 0 Å². The molecule has 7 rings (SSSR count). The van der Waals surface area contributed by atoms with E-state index in [4.69, 9.17) is 9.47 Å². The van der Waals surface area contributed by atoms with E-state index in [1.807, 2.05) is 18.2 Å². The number of allylic oxidation sites excluding steroid dienone is 1. The number of fused-ring (bicyclic) bond motifs is 3. The van der Waals surface area contributed by atoms with E-state index in [1.165, 1.54) is 11.0 Å². The molecule has 0 aromatic heterocycles. The van der Waals surface area contributed by atoms with Gasteiger partial charge in [0.1, 0.15) is 23.7 Å². The molecule has 0 radical (unpaired) electrons. The van der Waals surface area contributed by atoms with Crippen molar-refractivity contribution in [1.29, 1.82) is 0 Å². The summed E-state index contributed by atoms with van der Waals surface area (Å²) in [6.07, 6.45) is 7.84. The van der Waals surface area contributed by atoms with Gasteiger partial charge in [-0.25, -0.2) is 18.0 Å². The molecule has 1 saturated heterocycles. The van der Waals surface area contributed by atoms with Crippen molar-refractivity contribution in [1.82, 2.24) is 25.2 Å². The van der Waals surface area contributed by atoms with E-state index in [2.05, 4.69) is 34.1 Å². The maximum atomic E-state index is 14.5.